The molecule has 0 aliphatic carbocycles. The summed E-state index contributed by atoms with van der Waals surface area (Å²) in [5, 5.41) is 9.69. The molecule has 0 bridgehead atoms. The fourth-order valence-corrected chi connectivity index (χ4v) is 1.17. The van der Waals surface area contributed by atoms with E-state index in [1.165, 1.54) is 25.3 Å². The van der Waals surface area contributed by atoms with E-state index in [4.69, 9.17) is 4.74 Å². The van der Waals surface area contributed by atoms with E-state index in [0.717, 1.165) is 0 Å². The first-order valence-electron chi connectivity index (χ1n) is 5.01. The minimum Gasteiger partial charge on any atom is -0.496 e. The Kier molecular flexibility index (Phi) is 5.29. The molecular formula is C12H19FO2. The molecule has 0 spiro atoms. The van der Waals surface area contributed by atoms with Crippen LogP contribution in [-0.4, -0.2) is 12.2 Å². The van der Waals surface area contributed by atoms with Crippen molar-refractivity contribution < 1.29 is 14.2 Å². The topological polar surface area (TPSA) is 29.5 Å². The molecule has 0 atom stereocenters. The second kappa shape index (κ2) is 5.71. The van der Waals surface area contributed by atoms with Crippen molar-refractivity contribution in [1.82, 2.24) is 0 Å². The normalized spacial score (nSPS) is 10.3. The number of hydrogen-bond donors (Lipinski definition) is 1. The quantitative estimate of drug-likeness (QED) is 0.819. The molecule has 0 fully saturated rings. The Morgan fingerprint density at radius 3 is 2.20 bits per heavy atom. The van der Waals surface area contributed by atoms with Gasteiger partial charge in [0.1, 0.15) is 11.6 Å². The summed E-state index contributed by atoms with van der Waals surface area (Å²) in [5.41, 5.74) is -0.435. The molecule has 1 N–H and O–H groups in total. The predicted octanol–water partition coefficient (Wildman–Crippen LogP) is 3.09. The second-order valence-electron chi connectivity index (χ2n) is 3.40. The van der Waals surface area contributed by atoms with Gasteiger partial charge in [-0.1, -0.05) is 13.8 Å². The van der Waals surface area contributed by atoms with E-state index in [9.17, 15) is 9.50 Å². The Morgan fingerprint density at radius 2 is 1.80 bits per heavy atom. The number of aliphatic hydroxyl groups is 1. The van der Waals surface area contributed by atoms with Gasteiger partial charge in [0.25, 0.3) is 0 Å². The van der Waals surface area contributed by atoms with Crippen molar-refractivity contribution in [2.45, 2.75) is 33.3 Å². The predicted molar refractivity (Wildman–Crippen MR) is 59.5 cm³/mol. The van der Waals surface area contributed by atoms with Crippen molar-refractivity contribution in [2.24, 2.45) is 0 Å². The number of halogens is 1. The van der Waals surface area contributed by atoms with Gasteiger partial charge in [-0.3, -0.25) is 0 Å². The Hall–Kier alpha value is -1.09. The molecule has 0 unspecified atom stereocenters. The highest BCUT2D eigenvalue weighted by molar-refractivity contribution is 5.37. The van der Waals surface area contributed by atoms with Crippen molar-refractivity contribution in [1.29, 1.82) is 0 Å². The molecule has 0 amide bonds. The number of benzene rings is 1. The van der Waals surface area contributed by atoms with Crippen molar-refractivity contribution >= 4 is 0 Å². The van der Waals surface area contributed by atoms with Gasteiger partial charge in [0.15, 0.2) is 0 Å². The molecule has 0 saturated carbocycles. The van der Waals surface area contributed by atoms with Gasteiger partial charge in [-0.05, 0) is 26.0 Å². The molecule has 1 aromatic carbocycles. The van der Waals surface area contributed by atoms with Crippen LogP contribution in [0.25, 0.3) is 0 Å². The maximum atomic E-state index is 12.8. The third-order valence-electron chi connectivity index (χ3n) is 1.82. The summed E-state index contributed by atoms with van der Waals surface area (Å²) < 4.78 is 17.7. The van der Waals surface area contributed by atoms with Crippen LogP contribution in [0.3, 0.4) is 0 Å². The molecule has 0 saturated heterocycles. The van der Waals surface area contributed by atoms with Gasteiger partial charge in [0.2, 0.25) is 0 Å². The molecule has 2 nitrogen and oxygen atoms in total. The molecule has 1 rings (SSSR count). The summed E-state index contributed by atoms with van der Waals surface area (Å²) >= 11 is 0. The molecule has 15 heavy (non-hydrogen) atoms. The van der Waals surface area contributed by atoms with Crippen molar-refractivity contribution in [2.75, 3.05) is 7.11 Å². The zero-order chi connectivity index (χ0) is 12.1. The largest absolute Gasteiger partial charge is 0.496 e. The maximum Gasteiger partial charge on any atom is 0.127 e. The number of rotatable bonds is 2. The van der Waals surface area contributed by atoms with Gasteiger partial charge in [0.05, 0.1) is 12.7 Å². The second-order valence-corrected chi connectivity index (χ2v) is 3.40. The minimum atomic E-state index is -1.01. The zero-order valence-corrected chi connectivity index (χ0v) is 9.97. The summed E-state index contributed by atoms with van der Waals surface area (Å²) in [6, 6.07) is 4.08. The minimum absolute atomic E-state index is 0.368. The summed E-state index contributed by atoms with van der Waals surface area (Å²) in [6.45, 7) is 7.26. The van der Waals surface area contributed by atoms with Crippen LogP contribution in [0.15, 0.2) is 18.2 Å². The van der Waals surface area contributed by atoms with E-state index in [0.29, 0.717) is 11.3 Å². The van der Waals surface area contributed by atoms with Gasteiger partial charge < -0.3 is 9.84 Å². The first-order valence-corrected chi connectivity index (χ1v) is 5.01. The Labute approximate surface area is 90.7 Å². The summed E-state index contributed by atoms with van der Waals surface area (Å²) in [5.74, 6) is -0.00245. The highest BCUT2D eigenvalue weighted by Crippen LogP contribution is 2.29. The van der Waals surface area contributed by atoms with Gasteiger partial charge >= 0.3 is 0 Å². The van der Waals surface area contributed by atoms with Crippen LogP contribution >= 0.6 is 0 Å². The highest BCUT2D eigenvalue weighted by atomic mass is 19.1. The van der Waals surface area contributed by atoms with Gasteiger partial charge in [0, 0.05) is 11.6 Å². The molecule has 0 aliphatic rings. The van der Waals surface area contributed by atoms with E-state index in [2.05, 4.69) is 0 Å². The third kappa shape index (κ3) is 3.88. The summed E-state index contributed by atoms with van der Waals surface area (Å²) in [6.07, 6.45) is 0. The van der Waals surface area contributed by atoms with Crippen LogP contribution in [0.2, 0.25) is 0 Å². The van der Waals surface area contributed by atoms with Gasteiger partial charge in [-0.2, -0.15) is 0 Å². The first kappa shape index (κ1) is 13.9. The van der Waals surface area contributed by atoms with Crippen molar-refractivity contribution in [3.8, 4) is 5.75 Å². The van der Waals surface area contributed by atoms with Crippen LogP contribution in [0.1, 0.15) is 33.3 Å². The molecule has 3 heteroatoms. The van der Waals surface area contributed by atoms with Crippen LogP contribution in [0, 0.1) is 5.82 Å². The van der Waals surface area contributed by atoms with E-state index < -0.39 is 5.60 Å². The van der Waals surface area contributed by atoms with E-state index >= 15 is 0 Å². The third-order valence-corrected chi connectivity index (χ3v) is 1.82. The van der Waals surface area contributed by atoms with E-state index in [1.807, 2.05) is 13.8 Å². The zero-order valence-electron chi connectivity index (χ0n) is 9.97. The fraction of sp³-hybridized carbons (Fsp3) is 0.500. The molecule has 0 radical (unpaired) electrons. The number of methoxy groups -OCH3 is 1. The average molecular weight is 214 g/mol. The SMILES string of the molecule is CC.COc1cc(F)ccc1C(C)(C)O. The van der Waals surface area contributed by atoms with Crippen LogP contribution < -0.4 is 4.74 Å². The molecular weight excluding hydrogens is 195 g/mol. The van der Waals surface area contributed by atoms with E-state index in [1.54, 1.807) is 13.8 Å². The van der Waals surface area contributed by atoms with Crippen LogP contribution in [0.4, 0.5) is 4.39 Å². The first-order chi connectivity index (χ1) is 6.95. The average Bonchev–Trinajstić information content (AvgIpc) is 2.18. The highest BCUT2D eigenvalue weighted by Gasteiger charge is 2.20. The number of ether oxygens (including phenoxy) is 1. The monoisotopic (exact) mass is 214 g/mol. The molecule has 86 valence electrons. The lowest BCUT2D eigenvalue weighted by atomic mass is 9.97. The lowest BCUT2D eigenvalue weighted by Crippen LogP contribution is -2.16. The van der Waals surface area contributed by atoms with Crippen LogP contribution in [-0.2, 0) is 5.60 Å². The van der Waals surface area contributed by atoms with Gasteiger partial charge in [-0.15, -0.1) is 0 Å². The standard InChI is InChI=1S/C10H13FO2.C2H6/c1-10(2,12)8-5-4-7(11)6-9(8)13-3;1-2/h4-6,12H,1-3H3;1-2H3. The molecule has 0 heterocycles. The Bertz CT molecular complexity index is 303. The lowest BCUT2D eigenvalue weighted by Gasteiger charge is -2.20. The number of hydrogen-bond acceptors (Lipinski definition) is 2. The fourth-order valence-electron chi connectivity index (χ4n) is 1.17. The Balaban J connectivity index is 0.000000921. The van der Waals surface area contributed by atoms with Gasteiger partial charge in [-0.25, -0.2) is 4.39 Å². The molecule has 0 aromatic heterocycles. The van der Waals surface area contributed by atoms with Crippen molar-refractivity contribution in [3.05, 3.63) is 29.6 Å². The maximum absolute atomic E-state index is 12.8. The van der Waals surface area contributed by atoms with Crippen molar-refractivity contribution in [3.63, 3.8) is 0 Å². The summed E-state index contributed by atoms with van der Waals surface area (Å²) in [4.78, 5) is 0. The smallest absolute Gasteiger partial charge is 0.127 e. The van der Waals surface area contributed by atoms with Crippen LogP contribution in [0.5, 0.6) is 5.75 Å². The Morgan fingerprint density at radius 1 is 1.27 bits per heavy atom. The lowest BCUT2D eigenvalue weighted by molar-refractivity contribution is 0.0755. The summed E-state index contributed by atoms with van der Waals surface area (Å²) in [7, 11) is 1.45. The van der Waals surface area contributed by atoms with E-state index in [-0.39, 0.29) is 5.82 Å². The molecule has 1 aromatic rings. The molecule has 0 aliphatic heterocycles.